The zero-order chi connectivity index (χ0) is 13.8. The predicted molar refractivity (Wildman–Crippen MR) is 76.7 cm³/mol. The minimum Gasteiger partial charge on any atom is -0.501 e. The van der Waals surface area contributed by atoms with E-state index in [4.69, 9.17) is 21.7 Å². The van der Waals surface area contributed by atoms with Crippen LogP contribution in [-0.4, -0.2) is 45.3 Å². The van der Waals surface area contributed by atoms with E-state index < -0.39 is 12.0 Å². The second-order valence-corrected chi connectivity index (χ2v) is 4.86. The molecule has 0 fully saturated rings. The number of nitrogens with two attached hydrogens (primary N) is 2. The van der Waals surface area contributed by atoms with Crippen LogP contribution in [0, 0.1) is 0 Å². The van der Waals surface area contributed by atoms with Gasteiger partial charge < -0.3 is 21.7 Å². The molecule has 0 radical (unpaired) electrons. The Labute approximate surface area is 112 Å². The second-order valence-electron chi connectivity index (χ2n) is 3.46. The molecular formula is C10H22N2O3S2. The van der Waals surface area contributed by atoms with Crippen molar-refractivity contribution in [2.75, 3.05) is 12.0 Å². The number of hydrogen-bond acceptors (Lipinski definition) is 5. The first-order valence-electron chi connectivity index (χ1n) is 5.32. The third-order valence-electron chi connectivity index (χ3n) is 1.87. The highest BCUT2D eigenvalue weighted by molar-refractivity contribution is 7.98. The van der Waals surface area contributed by atoms with Gasteiger partial charge in [0.2, 0.25) is 0 Å². The maximum atomic E-state index is 10.1. The Kier molecular flexibility index (Phi) is 13.5. The number of rotatable bonds is 7. The van der Waals surface area contributed by atoms with Crippen LogP contribution in [0.25, 0.3) is 0 Å². The maximum Gasteiger partial charge on any atom is 0.320 e. The van der Waals surface area contributed by atoms with Crippen molar-refractivity contribution in [2.24, 2.45) is 11.5 Å². The number of hydrogen-bond donors (Lipinski definition) is 4. The highest BCUT2D eigenvalue weighted by Crippen LogP contribution is 1.97. The normalized spacial score (nSPS) is 13.2. The van der Waals surface area contributed by atoms with Gasteiger partial charge in [-0.05, 0) is 37.1 Å². The first-order valence-corrected chi connectivity index (χ1v) is 7.12. The van der Waals surface area contributed by atoms with Crippen molar-refractivity contribution >= 4 is 35.0 Å². The van der Waals surface area contributed by atoms with Crippen molar-refractivity contribution in [3.63, 3.8) is 0 Å². The summed E-state index contributed by atoms with van der Waals surface area (Å²) in [5.74, 6) is -0.1000. The number of carboxylic acid groups (broad SMARTS) is 1. The van der Waals surface area contributed by atoms with Crippen LogP contribution in [0.3, 0.4) is 0 Å². The molecule has 0 saturated carbocycles. The molecule has 2 atom stereocenters. The Hall–Kier alpha value is -0.370. The first-order chi connectivity index (χ1) is 7.86. The Bertz CT molecular complexity index is 228. The van der Waals surface area contributed by atoms with E-state index in [2.05, 4.69) is 12.2 Å². The molecule has 0 amide bonds. The predicted octanol–water partition coefficient (Wildman–Crippen LogP) is 1.15. The lowest BCUT2D eigenvalue weighted by Gasteiger charge is -2.03. The van der Waals surface area contributed by atoms with E-state index in [1.54, 1.807) is 11.8 Å². The zero-order valence-corrected chi connectivity index (χ0v) is 11.9. The third-order valence-corrected chi connectivity index (χ3v) is 2.81. The van der Waals surface area contributed by atoms with Crippen molar-refractivity contribution in [3.8, 4) is 0 Å². The van der Waals surface area contributed by atoms with E-state index in [-0.39, 0.29) is 11.1 Å². The monoisotopic (exact) mass is 282 g/mol. The number of aliphatic hydroxyl groups excluding tert-OH is 1. The first kappa shape index (κ1) is 19.0. The summed E-state index contributed by atoms with van der Waals surface area (Å²) >= 11 is 6.02. The summed E-state index contributed by atoms with van der Waals surface area (Å²) < 4.78 is 0. The van der Waals surface area contributed by atoms with E-state index in [0.29, 0.717) is 6.42 Å². The lowest BCUT2D eigenvalue weighted by Crippen LogP contribution is -2.30. The number of aliphatic carboxylic acids is 1. The van der Waals surface area contributed by atoms with E-state index >= 15 is 0 Å². The van der Waals surface area contributed by atoms with Crippen LogP contribution in [0.2, 0.25) is 0 Å². The SMILES string of the molecule is CCCC(N)C(O)=S.CSCC[C@H](N)C(=O)O. The molecule has 0 aliphatic heterocycles. The smallest absolute Gasteiger partial charge is 0.320 e. The van der Waals surface area contributed by atoms with E-state index in [1.807, 2.05) is 13.2 Å². The van der Waals surface area contributed by atoms with Crippen molar-refractivity contribution in [3.05, 3.63) is 0 Å². The number of carbonyl (C=O) groups is 1. The van der Waals surface area contributed by atoms with Crippen LogP contribution >= 0.6 is 24.0 Å². The summed E-state index contributed by atoms with van der Waals surface area (Å²) in [5, 5.41) is 16.8. The quantitative estimate of drug-likeness (QED) is 0.518. The molecule has 17 heavy (non-hydrogen) atoms. The molecule has 1 unspecified atom stereocenters. The largest absolute Gasteiger partial charge is 0.501 e. The summed E-state index contributed by atoms with van der Waals surface area (Å²) in [7, 11) is 0. The molecular weight excluding hydrogens is 260 g/mol. The fraction of sp³-hybridized carbons (Fsp3) is 0.800. The van der Waals surface area contributed by atoms with Gasteiger partial charge in [0, 0.05) is 0 Å². The second kappa shape index (κ2) is 12.1. The Balaban J connectivity index is 0. The summed E-state index contributed by atoms with van der Waals surface area (Å²) in [6.07, 6.45) is 4.21. The number of aliphatic hydroxyl groups is 1. The topological polar surface area (TPSA) is 110 Å². The van der Waals surface area contributed by atoms with Crippen molar-refractivity contribution in [1.29, 1.82) is 0 Å². The van der Waals surface area contributed by atoms with E-state index in [0.717, 1.165) is 18.6 Å². The highest BCUT2D eigenvalue weighted by Gasteiger charge is 2.08. The molecule has 0 aromatic rings. The lowest BCUT2D eigenvalue weighted by molar-refractivity contribution is -0.138. The molecule has 0 spiro atoms. The van der Waals surface area contributed by atoms with Crippen LogP contribution in [-0.2, 0) is 4.79 Å². The molecule has 0 bridgehead atoms. The van der Waals surface area contributed by atoms with Gasteiger partial charge in [-0.3, -0.25) is 4.79 Å². The molecule has 102 valence electrons. The van der Waals surface area contributed by atoms with Crippen molar-refractivity contribution in [1.82, 2.24) is 0 Å². The van der Waals surface area contributed by atoms with Gasteiger partial charge in [0.25, 0.3) is 0 Å². The molecule has 0 aromatic heterocycles. The van der Waals surface area contributed by atoms with Gasteiger partial charge in [-0.25, -0.2) is 0 Å². The molecule has 0 aliphatic carbocycles. The molecule has 0 aliphatic rings. The maximum absolute atomic E-state index is 10.1. The van der Waals surface area contributed by atoms with Gasteiger partial charge in [-0.2, -0.15) is 11.8 Å². The van der Waals surface area contributed by atoms with Gasteiger partial charge in [-0.15, -0.1) is 0 Å². The average molecular weight is 282 g/mol. The summed E-state index contributed by atoms with van der Waals surface area (Å²) in [6.45, 7) is 2.00. The van der Waals surface area contributed by atoms with Gasteiger partial charge in [0.15, 0.2) is 5.05 Å². The average Bonchev–Trinajstić information content (AvgIpc) is 2.26. The highest BCUT2D eigenvalue weighted by atomic mass is 32.2. The number of carboxylic acids is 1. The molecule has 7 heteroatoms. The standard InChI is InChI=1S/C5H11NO2S.C5H11NOS/c1-9-3-2-4(6)5(7)8;1-2-3-4(6)5(7)8/h4H,2-3,6H2,1H3,(H,7,8);4H,2-3,6H2,1H3,(H,7,8)/t4-;/m0./s1. The molecule has 0 aromatic carbocycles. The van der Waals surface area contributed by atoms with Gasteiger partial charge >= 0.3 is 5.97 Å². The van der Waals surface area contributed by atoms with Gasteiger partial charge in [0.05, 0.1) is 6.04 Å². The van der Waals surface area contributed by atoms with Crippen LogP contribution in [0.4, 0.5) is 0 Å². The molecule has 0 rings (SSSR count). The van der Waals surface area contributed by atoms with Crippen LogP contribution in [0.1, 0.15) is 26.2 Å². The third kappa shape index (κ3) is 13.6. The number of thiocarbonyl (C=S) groups is 1. The minimum atomic E-state index is -0.913. The molecule has 6 N–H and O–H groups in total. The van der Waals surface area contributed by atoms with Gasteiger partial charge in [0.1, 0.15) is 6.04 Å². The number of thioether (sulfide) groups is 1. The molecule has 0 heterocycles. The van der Waals surface area contributed by atoms with Crippen LogP contribution in [0.5, 0.6) is 0 Å². The Morgan fingerprint density at radius 3 is 2.06 bits per heavy atom. The fourth-order valence-corrected chi connectivity index (χ4v) is 1.41. The minimum absolute atomic E-state index is 0.0770. The van der Waals surface area contributed by atoms with Gasteiger partial charge in [-0.1, -0.05) is 13.3 Å². The Morgan fingerprint density at radius 1 is 1.29 bits per heavy atom. The van der Waals surface area contributed by atoms with Crippen molar-refractivity contribution in [2.45, 2.75) is 38.3 Å². The van der Waals surface area contributed by atoms with E-state index in [1.165, 1.54) is 0 Å². The van der Waals surface area contributed by atoms with E-state index in [9.17, 15) is 4.79 Å². The summed E-state index contributed by atoms with van der Waals surface area (Å²) in [4.78, 5) is 10.1. The van der Waals surface area contributed by atoms with Crippen molar-refractivity contribution < 1.29 is 15.0 Å². The summed E-state index contributed by atoms with van der Waals surface area (Å²) in [5.41, 5.74) is 10.5. The summed E-state index contributed by atoms with van der Waals surface area (Å²) in [6, 6.07) is -0.979. The van der Waals surface area contributed by atoms with Crippen LogP contribution < -0.4 is 11.5 Å². The van der Waals surface area contributed by atoms with Crippen LogP contribution in [0.15, 0.2) is 0 Å². The fourth-order valence-electron chi connectivity index (χ4n) is 0.803. The molecule has 0 saturated heterocycles. The zero-order valence-electron chi connectivity index (χ0n) is 10.3. The lowest BCUT2D eigenvalue weighted by atomic mass is 10.2. The molecule has 5 nitrogen and oxygen atoms in total. The Morgan fingerprint density at radius 2 is 1.82 bits per heavy atom.